The van der Waals surface area contributed by atoms with E-state index in [0.29, 0.717) is 0 Å². The molecule has 6 nitrogen and oxygen atoms in total. The van der Waals surface area contributed by atoms with Gasteiger partial charge in [0.05, 0.1) is 6.20 Å². The van der Waals surface area contributed by atoms with Gasteiger partial charge in [-0.2, -0.15) is 5.10 Å². The van der Waals surface area contributed by atoms with E-state index in [1.807, 2.05) is 0 Å². The van der Waals surface area contributed by atoms with Crippen LogP contribution in [0.15, 0.2) is 41.8 Å². The molecule has 0 unspecified atom stereocenters. The predicted molar refractivity (Wildman–Crippen MR) is 56.9 cm³/mol. The molecule has 0 aliphatic heterocycles. The third-order valence-electron chi connectivity index (χ3n) is 1.97. The summed E-state index contributed by atoms with van der Waals surface area (Å²) >= 11 is 0. The van der Waals surface area contributed by atoms with Crippen molar-refractivity contribution in [3.8, 4) is 0 Å². The van der Waals surface area contributed by atoms with Crippen LogP contribution < -0.4 is 4.72 Å². The van der Waals surface area contributed by atoms with E-state index in [0.717, 1.165) is 5.56 Å². The van der Waals surface area contributed by atoms with Crippen LogP contribution >= 0.6 is 0 Å². The van der Waals surface area contributed by atoms with Gasteiger partial charge in [-0.25, -0.2) is 13.1 Å². The fourth-order valence-electron chi connectivity index (χ4n) is 1.14. The van der Waals surface area contributed by atoms with Crippen molar-refractivity contribution < 1.29 is 8.42 Å². The first-order valence-corrected chi connectivity index (χ1v) is 6.04. The lowest BCUT2D eigenvalue weighted by molar-refractivity contribution is 0.581. The van der Waals surface area contributed by atoms with Gasteiger partial charge in [-0.15, -0.1) is 0 Å². The average Bonchev–Trinajstić information content (AvgIpc) is 2.81. The quantitative estimate of drug-likeness (QED) is 0.801. The Morgan fingerprint density at radius 1 is 1.38 bits per heavy atom. The van der Waals surface area contributed by atoms with Gasteiger partial charge in [0.2, 0.25) is 10.0 Å². The summed E-state index contributed by atoms with van der Waals surface area (Å²) in [6, 6.07) is 3.07. The lowest BCUT2D eigenvalue weighted by Crippen LogP contribution is -2.23. The van der Waals surface area contributed by atoms with Crippen LogP contribution in [0.5, 0.6) is 0 Å². The minimum Gasteiger partial charge on any atom is -0.285 e. The Kier molecular flexibility index (Phi) is 2.97. The van der Waals surface area contributed by atoms with Crippen molar-refractivity contribution in [3.63, 3.8) is 0 Å². The maximum Gasteiger partial charge on any atom is 0.242 e. The number of aromatic nitrogens is 3. The van der Waals surface area contributed by atoms with Crippen molar-refractivity contribution in [3.05, 3.63) is 42.5 Å². The van der Waals surface area contributed by atoms with Gasteiger partial charge in [-0.1, -0.05) is 0 Å². The second-order valence-corrected chi connectivity index (χ2v) is 4.89. The molecular weight excluding hydrogens is 228 g/mol. The minimum absolute atomic E-state index is 0.151. The fourth-order valence-corrected chi connectivity index (χ4v) is 2.12. The zero-order chi connectivity index (χ0) is 11.4. The highest BCUT2D eigenvalue weighted by atomic mass is 32.2. The van der Waals surface area contributed by atoms with Crippen LogP contribution in [-0.2, 0) is 16.6 Å². The molecule has 7 heteroatoms. The van der Waals surface area contributed by atoms with Crippen molar-refractivity contribution in [2.24, 2.45) is 0 Å². The van der Waals surface area contributed by atoms with Crippen molar-refractivity contribution in [2.45, 2.75) is 11.4 Å². The summed E-state index contributed by atoms with van der Waals surface area (Å²) < 4.78 is 25.9. The number of nitrogens with one attached hydrogen (secondary N) is 2. The van der Waals surface area contributed by atoms with Crippen LogP contribution in [0.1, 0.15) is 5.56 Å². The van der Waals surface area contributed by atoms with E-state index in [1.54, 1.807) is 18.5 Å². The molecule has 16 heavy (non-hydrogen) atoms. The van der Waals surface area contributed by atoms with Crippen LogP contribution in [0.2, 0.25) is 0 Å². The molecule has 0 amide bonds. The molecule has 0 spiro atoms. The summed E-state index contributed by atoms with van der Waals surface area (Å²) in [7, 11) is -3.49. The number of hydrogen-bond donors (Lipinski definition) is 2. The molecule has 0 aliphatic rings. The molecule has 0 bridgehead atoms. The zero-order valence-electron chi connectivity index (χ0n) is 8.29. The minimum atomic E-state index is -3.49. The van der Waals surface area contributed by atoms with Crippen LogP contribution in [0.4, 0.5) is 0 Å². The second kappa shape index (κ2) is 4.42. The third kappa shape index (κ3) is 2.44. The summed E-state index contributed by atoms with van der Waals surface area (Å²) in [5, 5.41) is 6.33. The first-order valence-electron chi connectivity index (χ1n) is 4.56. The van der Waals surface area contributed by atoms with Crippen LogP contribution in [0.3, 0.4) is 0 Å². The molecule has 0 aliphatic carbocycles. The average molecular weight is 238 g/mol. The molecule has 2 rings (SSSR count). The highest BCUT2D eigenvalue weighted by Crippen LogP contribution is 2.06. The van der Waals surface area contributed by atoms with Crippen molar-refractivity contribution in [1.29, 1.82) is 0 Å². The monoisotopic (exact) mass is 238 g/mol. The van der Waals surface area contributed by atoms with E-state index < -0.39 is 10.0 Å². The van der Waals surface area contributed by atoms with Gasteiger partial charge in [0, 0.05) is 30.7 Å². The number of aromatic amines is 1. The smallest absolute Gasteiger partial charge is 0.242 e. The van der Waals surface area contributed by atoms with E-state index >= 15 is 0 Å². The first kappa shape index (κ1) is 10.8. The van der Waals surface area contributed by atoms with Crippen LogP contribution in [0.25, 0.3) is 0 Å². The SMILES string of the molecule is O=S(=O)(NCc1cn[nH]c1)c1cccnc1. The number of sulfonamides is 1. The summed E-state index contributed by atoms with van der Waals surface area (Å²) in [4.78, 5) is 3.91. The lowest BCUT2D eigenvalue weighted by Gasteiger charge is -2.04. The van der Waals surface area contributed by atoms with E-state index in [-0.39, 0.29) is 11.4 Å². The van der Waals surface area contributed by atoms with Gasteiger partial charge in [-0.3, -0.25) is 10.1 Å². The maximum absolute atomic E-state index is 11.7. The first-order chi connectivity index (χ1) is 7.68. The van der Waals surface area contributed by atoms with E-state index in [2.05, 4.69) is 19.9 Å². The molecular formula is C9H10N4O2S. The van der Waals surface area contributed by atoms with Gasteiger partial charge in [0.1, 0.15) is 4.90 Å². The van der Waals surface area contributed by atoms with Gasteiger partial charge in [0.25, 0.3) is 0 Å². The van der Waals surface area contributed by atoms with E-state index in [4.69, 9.17) is 0 Å². The zero-order valence-corrected chi connectivity index (χ0v) is 9.11. The molecule has 0 fully saturated rings. The molecule has 84 valence electrons. The number of nitrogens with zero attached hydrogens (tertiary/aromatic N) is 2. The molecule has 0 atom stereocenters. The van der Waals surface area contributed by atoms with Crippen LogP contribution in [0, 0.1) is 0 Å². The molecule has 2 N–H and O–H groups in total. The van der Waals surface area contributed by atoms with Gasteiger partial charge >= 0.3 is 0 Å². The summed E-state index contributed by atoms with van der Waals surface area (Å²) in [5.41, 5.74) is 0.771. The largest absolute Gasteiger partial charge is 0.285 e. The summed E-state index contributed by atoms with van der Waals surface area (Å²) in [5.74, 6) is 0. The summed E-state index contributed by atoms with van der Waals surface area (Å²) in [6.07, 6.45) is 6.02. The molecule has 2 aromatic rings. The fraction of sp³-hybridized carbons (Fsp3) is 0.111. The van der Waals surface area contributed by atoms with Crippen molar-refractivity contribution >= 4 is 10.0 Å². The van der Waals surface area contributed by atoms with Crippen molar-refractivity contribution in [1.82, 2.24) is 19.9 Å². The van der Waals surface area contributed by atoms with Gasteiger partial charge in [-0.05, 0) is 12.1 Å². The molecule has 0 saturated heterocycles. The maximum atomic E-state index is 11.7. The van der Waals surface area contributed by atoms with E-state index in [1.165, 1.54) is 18.5 Å². The topological polar surface area (TPSA) is 87.7 Å². The normalized spacial score (nSPS) is 11.5. The highest BCUT2D eigenvalue weighted by molar-refractivity contribution is 7.89. The number of hydrogen-bond acceptors (Lipinski definition) is 4. The molecule has 2 aromatic heterocycles. The van der Waals surface area contributed by atoms with Crippen molar-refractivity contribution in [2.75, 3.05) is 0 Å². The Balaban J connectivity index is 2.10. The molecule has 0 saturated carbocycles. The number of rotatable bonds is 4. The number of H-pyrrole nitrogens is 1. The number of pyridine rings is 1. The standard InChI is InChI=1S/C9H10N4O2S/c14-16(15,9-2-1-3-10-7-9)13-6-8-4-11-12-5-8/h1-5,7,13H,6H2,(H,11,12). The lowest BCUT2D eigenvalue weighted by atomic mass is 10.4. The van der Waals surface area contributed by atoms with Gasteiger partial charge in [0.15, 0.2) is 0 Å². The van der Waals surface area contributed by atoms with E-state index in [9.17, 15) is 8.42 Å². The Bertz CT molecular complexity index is 536. The summed E-state index contributed by atoms with van der Waals surface area (Å²) in [6.45, 7) is 0.202. The van der Waals surface area contributed by atoms with Crippen LogP contribution in [-0.4, -0.2) is 23.6 Å². The Hall–Kier alpha value is -1.73. The Labute approximate surface area is 92.8 Å². The second-order valence-electron chi connectivity index (χ2n) is 3.12. The molecule has 2 heterocycles. The Morgan fingerprint density at radius 3 is 2.88 bits per heavy atom. The predicted octanol–water partition coefficient (Wildman–Crippen LogP) is 0.283. The molecule has 0 radical (unpaired) electrons. The highest BCUT2D eigenvalue weighted by Gasteiger charge is 2.13. The van der Waals surface area contributed by atoms with Gasteiger partial charge < -0.3 is 0 Å². The molecule has 0 aromatic carbocycles. The Morgan fingerprint density at radius 2 is 2.25 bits per heavy atom. The third-order valence-corrected chi connectivity index (χ3v) is 3.35.